The molecule has 4 aromatic rings. The second kappa shape index (κ2) is 9.37. The highest BCUT2D eigenvalue weighted by Gasteiger charge is 2.34. The van der Waals surface area contributed by atoms with Gasteiger partial charge in [-0.25, -0.2) is 23.8 Å². The zero-order valence-corrected chi connectivity index (χ0v) is 20.3. The summed E-state index contributed by atoms with van der Waals surface area (Å²) in [7, 11) is 1.64. The van der Waals surface area contributed by atoms with E-state index in [0.29, 0.717) is 25.0 Å². The number of alkyl halides is 1. The minimum Gasteiger partial charge on any atom is -0.382 e. The van der Waals surface area contributed by atoms with Gasteiger partial charge in [-0.1, -0.05) is 22.6 Å². The number of rotatable bonds is 8. The Labute approximate surface area is 203 Å². The molecular formula is C21H25IN8O3. The second-order valence-electron chi connectivity index (χ2n) is 7.99. The van der Waals surface area contributed by atoms with Crippen molar-refractivity contribution < 1.29 is 14.5 Å². The summed E-state index contributed by atoms with van der Waals surface area (Å²) in [5.41, 5.74) is 9.53. The van der Waals surface area contributed by atoms with E-state index in [1.54, 1.807) is 22.3 Å². The lowest BCUT2D eigenvalue weighted by molar-refractivity contribution is -0.331. The molecule has 0 unspecified atom stereocenters. The molecule has 0 saturated heterocycles. The number of nitrogen functional groups attached to an aromatic ring is 1. The van der Waals surface area contributed by atoms with Crippen LogP contribution in [0.15, 0.2) is 36.8 Å². The summed E-state index contributed by atoms with van der Waals surface area (Å²) >= 11 is 2.44. The highest BCUT2D eigenvalue weighted by molar-refractivity contribution is 14.1. The van der Waals surface area contributed by atoms with Crippen molar-refractivity contribution in [3.63, 3.8) is 0 Å². The Morgan fingerprint density at radius 2 is 1.97 bits per heavy atom. The average molecular weight is 564 g/mol. The monoisotopic (exact) mass is 564 g/mol. The number of nitrogens with one attached hydrogen (secondary N) is 1. The fourth-order valence-corrected chi connectivity index (χ4v) is 4.87. The molecule has 0 aromatic carbocycles. The van der Waals surface area contributed by atoms with Gasteiger partial charge in [-0.3, -0.25) is 0 Å². The fourth-order valence-electron chi connectivity index (χ4n) is 4.01. The van der Waals surface area contributed by atoms with Crippen LogP contribution in [-0.2, 0) is 14.5 Å². The largest absolute Gasteiger partial charge is 0.382 e. The summed E-state index contributed by atoms with van der Waals surface area (Å²) in [6.07, 6.45) is 9.06. The molecule has 12 heteroatoms. The molecule has 0 radical (unpaired) electrons. The van der Waals surface area contributed by atoms with Gasteiger partial charge in [0.1, 0.15) is 12.1 Å². The molecule has 11 nitrogen and oxygen atoms in total. The third-order valence-electron chi connectivity index (χ3n) is 5.71. The third kappa shape index (κ3) is 4.74. The van der Waals surface area contributed by atoms with Crippen molar-refractivity contribution in [2.45, 2.75) is 35.3 Å². The number of nitrogens with zero attached hydrogens (tertiary/aromatic N) is 6. The molecule has 0 amide bonds. The number of nitrogens with two attached hydrogens (primary N) is 1. The van der Waals surface area contributed by atoms with E-state index in [4.69, 9.17) is 20.2 Å². The minimum absolute atomic E-state index is 0.0765. The summed E-state index contributed by atoms with van der Waals surface area (Å²) in [6, 6.07) is 5.71. The van der Waals surface area contributed by atoms with Crippen molar-refractivity contribution in [1.29, 1.82) is 0 Å². The Kier molecular flexibility index (Phi) is 6.32. The Hall–Kier alpha value is -2.55. The molecule has 4 heterocycles. The summed E-state index contributed by atoms with van der Waals surface area (Å²) in [6.45, 7) is 0.944. The van der Waals surface area contributed by atoms with Crippen LogP contribution in [0.25, 0.3) is 22.4 Å². The normalized spacial score (nSPS) is 21.1. The van der Waals surface area contributed by atoms with E-state index in [1.807, 2.05) is 30.6 Å². The van der Waals surface area contributed by atoms with Gasteiger partial charge in [-0.15, -0.1) is 5.10 Å². The number of anilines is 2. The molecule has 3 N–H and O–H groups in total. The van der Waals surface area contributed by atoms with Gasteiger partial charge in [0.15, 0.2) is 11.5 Å². The van der Waals surface area contributed by atoms with Crippen molar-refractivity contribution in [2.24, 2.45) is 0 Å². The van der Waals surface area contributed by atoms with Crippen LogP contribution < -0.4 is 11.1 Å². The zero-order valence-electron chi connectivity index (χ0n) is 18.1. The molecule has 5 rings (SSSR count). The van der Waals surface area contributed by atoms with Gasteiger partial charge in [0, 0.05) is 31.1 Å². The summed E-state index contributed by atoms with van der Waals surface area (Å²) in [5.74, 6) is 0.887. The number of hydrogen-bond donors (Lipinski definition) is 2. The summed E-state index contributed by atoms with van der Waals surface area (Å²) in [5, 5.41) is 12.3. The van der Waals surface area contributed by atoms with Crippen LogP contribution in [0.3, 0.4) is 0 Å². The van der Waals surface area contributed by atoms with Crippen LogP contribution in [0.5, 0.6) is 0 Å². The van der Waals surface area contributed by atoms with Crippen LogP contribution in [0.1, 0.15) is 25.7 Å². The van der Waals surface area contributed by atoms with Crippen LogP contribution in [0.4, 0.5) is 11.8 Å². The lowest BCUT2D eigenvalue weighted by Gasteiger charge is -2.35. The van der Waals surface area contributed by atoms with Crippen molar-refractivity contribution in [3.8, 4) is 11.3 Å². The van der Waals surface area contributed by atoms with E-state index in [-0.39, 0.29) is 9.65 Å². The van der Waals surface area contributed by atoms with Crippen LogP contribution >= 0.6 is 22.6 Å². The molecule has 174 valence electrons. The maximum Gasteiger partial charge on any atom is 0.244 e. The van der Waals surface area contributed by atoms with Gasteiger partial charge in [0.05, 0.1) is 28.1 Å². The molecule has 0 bridgehead atoms. The maximum absolute atomic E-state index is 6.38. The number of ether oxygens (including phenoxy) is 1. The van der Waals surface area contributed by atoms with Crippen LogP contribution in [0, 0.1) is 0 Å². The number of methoxy groups -OCH3 is 1. The highest BCUT2D eigenvalue weighted by atomic mass is 127. The quantitative estimate of drug-likeness (QED) is 0.0829. The predicted molar refractivity (Wildman–Crippen MR) is 131 cm³/mol. The zero-order chi connectivity index (χ0) is 22.8. The standard InChI is InChI=1S/C21H25IN8O3/c1-31-12-13-32-33-14-2-7-21(22,8-3-14)27-20-26-19(23)18-15(5-10-30(18)28-20)16-6-11-29-17(25-16)4-9-24-29/h4-6,9-11,14H,2-3,7-8,12-13H2,1H3,(H3,23,26,27,28). The van der Waals surface area contributed by atoms with Gasteiger partial charge in [-0.05, 0) is 37.8 Å². The predicted octanol–water partition coefficient (Wildman–Crippen LogP) is 3.10. The van der Waals surface area contributed by atoms with E-state index < -0.39 is 0 Å². The third-order valence-corrected chi connectivity index (χ3v) is 7.06. The van der Waals surface area contributed by atoms with Gasteiger partial charge in [0.2, 0.25) is 5.95 Å². The first-order valence-corrected chi connectivity index (χ1v) is 11.8. The number of fused-ring (bicyclic) bond motifs is 2. The molecule has 1 aliphatic carbocycles. The van der Waals surface area contributed by atoms with Gasteiger partial charge in [-0.2, -0.15) is 10.1 Å². The number of hydrogen-bond acceptors (Lipinski definition) is 9. The Balaban J connectivity index is 1.30. The number of aromatic nitrogens is 6. The van der Waals surface area contributed by atoms with Crippen molar-refractivity contribution in [3.05, 3.63) is 36.8 Å². The smallest absolute Gasteiger partial charge is 0.244 e. The van der Waals surface area contributed by atoms with Crippen molar-refractivity contribution >= 4 is 45.5 Å². The topological polar surface area (TPSA) is 126 Å². The summed E-state index contributed by atoms with van der Waals surface area (Å²) in [4.78, 5) is 19.9. The molecule has 33 heavy (non-hydrogen) atoms. The lowest BCUT2D eigenvalue weighted by Crippen LogP contribution is -2.38. The van der Waals surface area contributed by atoms with Crippen molar-refractivity contribution in [1.82, 2.24) is 29.2 Å². The average Bonchev–Trinajstić information content (AvgIpc) is 3.44. The summed E-state index contributed by atoms with van der Waals surface area (Å²) < 4.78 is 8.24. The Bertz CT molecular complexity index is 1250. The van der Waals surface area contributed by atoms with Crippen LogP contribution in [0.2, 0.25) is 0 Å². The molecule has 4 aromatic heterocycles. The van der Waals surface area contributed by atoms with Gasteiger partial charge < -0.3 is 15.8 Å². The van der Waals surface area contributed by atoms with E-state index in [0.717, 1.165) is 48.1 Å². The highest BCUT2D eigenvalue weighted by Crippen LogP contribution is 2.38. The fraction of sp³-hybridized carbons (Fsp3) is 0.429. The first kappa shape index (κ1) is 22.3. The Morgan fingerprint density at radius 1 is 1.15 bits per heavy atom. The van der Waals surface area contributed by atoms with E-state index >= 15 is 0 Å². The molecule has 1 aliphatic rings. The molecule has 0 aliphatic heterocycles. The second-order valence-corrected chi connectivity index (χ2v) is 10.1. The van der Waals surface area contributed by atoms with E-state index in [2.05, 4.69) is 48.1 Å². The molecule has 1 saturated carbocycles. The first-order chi connectivity index (χ1) is 16.0. The van der Waals surface area contributed by atoms with E-state index in [1.165, 1.54) is 0 Å². The Morgan fingerprint density at radius 3 is 2.79 bits per heavy atom. The number of halogens is 1. The van der Waals surface area contributed by atoms with E-state index in [9.17, 15) is 0 Å². The van der Waals surface area contributed by atoms with Gasteiger partial charge >= 0.3 is 0 Å². The molecule has 0 spiro atoms. The lowest BCUT2D eigenvalue weighted by atomic mass is 9.93. The SMILES string of the molecule is COCCOOC1CCC(I)(Nc2nc(N)c3c(-c4ccn5nccc5n4)ccn3n2)CC1. The first-order valence-electron chi connectivity index (χ1n) is 10.7. The maximum atomic E-state index is 6.38. The van der Waals surface area contributed by atoms with Crippen LogP contribution in [-0.4, -0.2) is 59.2 Å². The molecule has 1 fully saturated rings. The van der Waals surface area contributed by atoms with Gasteiger partial charge in [0.25, 0.3) is 0 Å². The molecular weight excluding hydrogens is 539 g/mol. The minimum atomic E-state index is -0.186. The molecule has 0 atom stereocenters. The van der Waals surface area contributed by atoms with Crippen molar-refractivity contribution in [2.75, 3.05) is 31.4 Å².